The average Bonchev–Trinajstić information content (AvgIpc) is 2.61. The maximum atomic E-state index is 11.1. The Morgan fingerprint density at radius 3 is 2.88 bits per heavy atom. The van der Waals surface area contributed by atoms with Crippen molar-refractivity contribution in [2.75, 3.05) is 19.7 Å². The van der Waals surface area contributed by atoms with Crippen LogP contribution >= 0.6 is 0 Å². The molecule has 2 aliphatic rings. The van der Waals surface area contributed by atoms with Gasteiger partial charge < -0.3 is 25.4 Å². The van der Waals surface area contributed by atoms with Gasteiger partial charge in [-0.05, 0) is 0 Å². The number of nitrogens with zero attached hydrogens (tertiary/aromatic N) is 1. The summed E-state index contributed by atoms with van der Waals surface area (Å²) in [5, 5.41) is 13.1. The van der Waals surface area contributed by atoms with Crippen LogP contribution in [-0.4, -0.2) is 59.9 Å². The number of carbonyl (C=O) groups excluding carboxylic acids is 2. The van der Waals surface area contributed by atoms with Crippen molar-refractivity contribution < 1.29 is 24.2 Å². The lowest BCUT2D eigenvalue weighted by Gasteiger charge is -2.37. The Bertz CT molecular complexity index is 345. The van der Waals surface area contributed by atoms with Gasteiger partial charge in [0.05, 0.1) is 12.6 Å². The SMILES string of the molecule is O=C(O)N[C@@H]1C(=O)N[C@H]1CN1CCOC1=O. The monoisotopic (exact) mass is 229 g/mol. The normalized spacial score (nSPS) is 28.1. The molecule has 2 saturated heterocycles. The maximum absolute atomic E-state index is 11.1. The van der Waals surface area contributed by atoms with Crippen molar-refractivity contribution in [1.29, 1.82) is 0 Å². The van der Waals surface area contributed by atoms with E-state index >= 15 is 0 Å². The number of carboxylic acid groups (broad SMARTS) is 1. The van der Waals surface area contributed by atoms with Crippen molar-refractivity contribution in [3.05, 3.63) is 0 Å². The summed E-state index contributed by atoms with van der Waals surface area (Å²) in [5.74, 6) is -0.375. The van der Waals surface area contributed by atoms with Crippen LogP contribution in [0, 0.1) is 0 Å². The molecular weight excluding hydrogens is 218 g/mol. The first-order chi connectivity index (χ1) is 7.58. The molecule has 0 bridgehead atoms. The molecule has 16 heavy (non-hydrogen) atoms. The zero-order valence-corrected chi connectivity index (χ0v) is 8.30. The molecule has 2 atom stereocenters. The number of carbonyl (C=O) groups is 3. The highest BCUT2D eigenvalue weighted by Crippen LogP contribution is 2.11. The summed E-state index contributed by atoms with van der Waals surface area (Å²) >= 11 is 0. The van der Waals surface area contributed by atoms with Crippen molar-refractivity contribution in [2.24, 2.45) is 0 Å². The smallest absolute Gasteiger partial charge is 0.410 e. The van der Waals surface area contributed by atoms with E-state index in [4.69, 9.17) is 9.84 Å². The molecule has 2 rings (SSSR count). The predicted octanol–water partition coefficient (Wildman–Crippen LogP) is -1.43. The first-order valence-electron chi connectivity index (χ1n) is 4.79. The number of hydrogen-bond acceptors (Lipinski definition) is 4. The van der Waals surface area contributed by atoms with E-state index in [0.29, 0.717) is 13.2 Å². The molecule has 0 radical (unpaired) electrons. The summed E-state index contributed by atoms with van der Waals surface area (Å²) in [5.41, 5.74) is 0. The zero-order valence-electron chi connectivity index (χ0n) is 8.30. The second kappa shape index (κ2) is 3.87. The van der Waals surface area contributed by atoms with Gasteiger partial charge >= 0.3 is 12.2 Å². The third-order valence-electron chi connectivity index (χ3n) is 2.55. The van der Waals surface area contributed by atoms with Crippen molar-refractivity contribution in [1.82, 2.24) is 15.5 Å². The molecule has 8 nitrogen and oxygen atoms in total. The zero-order chi connectivity index (χ0) is 11.7. The van der Waals surface area contributed by atoms with E-state index < -0.39 is 18.2 Å². The van der Waals surface area contributed by atoms with Crippen molar-refractivity contribution >= 4 is 18.1 Å². The van der Waals surface area contributed by atoms with Crippen molar-refractivity contribution in [2.45, 2.75) is 12.1 Å². The first kappa shape index (κ1) is 10.5. The Balaban J connectivity index is 1.88. The largest absolute Gasteiger partial charge is 0.465 e. The van der Waals surface area contributed by atoms with Crippen LogP contribution in [0.25, 0.3) is 0 Å². The molecule has 8 heteroatoms. The second-order valence-corrected chi connectivity index (χ2v) is 3.60. The molecule has 0 unspecified atom stereocenters. The minimum atomic E-state index is -1.26. The van der Waals surface area contributed by atoms with Crippen LogP contribution in [0.2, 0.25) is 0 Å². The van der Waals surface area contributed by atoms with Gasteiger partial charge in [0.15, 0.2) is 0 Å². The molecule has 2 heterocycles. The topological polar surface area (TPSA) is 108 Å². The van der Waals surface area contributed by atoms with E-state index in [1.54, 1.807) is 0 Å². The summed E-state index contributed by atoms with van der Waals surface area (Å²) in [7, 11) is 0. The highest BCUT2D eigenvalue weighted by atomic mass is 16.6. The van der Waals surface area contributed by atoms with E-state index in [1.807, 2.05) is 0 Å². The fourth-order valence-electron chi connectivity index (χ4n) is 1.72. The van der Waals surface area contributed by atoms with Gasteiger partial charge in [-0.25, -0.2) is 9.59 Å². The maximum Gasteiger partial charge on any atom is 0.410 e. The second-order valence-electron chi connectivity index (χ2n) is 3.60. The van der Waals surface area contributed by atoms with Gasteiger partial charge in [-0.15, -0.1) is 0 Å². The Morgan fingerprint density at radius 2 is 2.38 bits per heavy atom. The summed E-state index contributed by atoms with van der Waals surface area (Å²) in [4.78, 5) is 34.0. The van der Waals surface area contributed by atoms with Crippen molar-refractivity contribution in [3.63, 3.8) is 0 Å². The third-order valence-corrected chi connectivity index (χ3v) is 2.55. The van der Waals surface area contributed by atoms with Crippen LogP contribution in [0.15, 0.2) is 0 Å². The van der Waals surface area contributed by atoms with Crippen LogP contribution in [-0.2, 0) is 9.53 Å². The average molecular weight is 229 g/mol. The Labute approximate surface area is 90.5 Å². The number of nitrogens with one attached hydrogen (secondary N) is 2. The molecule has 0 aromatic rings. The van der Waals surface area contributed by atoms with Gasteiger partial charge in [-0.3, -0.25) is 4.79 Å². The molecule has 0 spiro atoms. The highest BCUT2D eigenvalue weighted by Gasteiger charge is 2.42. The van der Waals surface area contributed by atoms with Crippen LogP contribution in [0.3, 0.4) is 0 Å². The summed E-state index contributed by atoms with van der Waals surface area (Å²) in [6, 6.07) is -1.17. The lowest BCUT2D eigenvalue weighted by molar-refractivity contribution is -0.131. The van der Waals surface area contributed by atoms with E-state index in [-0.39, 0.29) is 18.5 Å². The minimum Gasteiger partial charge on any atom is -0.465 e. The van der Waals surface area contributed by atoms with E-state index in [9.17, 15) is 14.4 Å². The fourth-order valence-corrected chi connectivity index (χ4v) is 1.72. The third kappa shape index (κ3) is 1.86. The summed E-state index contributed by atoms with van der Waals surface area (Å²) in [6.07, 6.45) is -1.69. The number of rotatable bonds is 3. The number of ether oxygens (including phenoxy) is 1. The predicted molar refractivity (Wildman–Crippen MR) is 49.8 cm³/mol. The highest BCUT2D eigenvalue weighted by molar-refractivity contribution is 5.92. The van der Waals surface area contributed by atoms with E-state index in [2.05, 4.69) is 10.6 Å². The standard InChI is InChI=1S/C8H11N3O5/c12-6-5(10-7(13)14)4(9-6)3-11-1-2-16-8(11)15/h4-5,10H,1-3H2,(H,9,12)(H,13,14)/t4-,5-/m0/s1. The van der Waals surface area contributed by atoms with Gasteiger partial charge in [-0.1, -0.05) is 0 Å². The summed E-state index contributed by atoms with van der Waals surface area (Å²) in [6.45, 7) is 1.05. The van der Waals surface area contributed by atoms with Gasteiger partial charge in [0, 0.05) is 6.54 Å². The number of amides is 3. The first-order valence-corrected chi connectivity index (χ1v) is 4.79. The molecule has 2 fully saturated rings. The molecule has 88 valence electrons. The lowest BCUT2D eigenvalue weighted by Crippen LogP contribution is -2.71. The molecule has 2 aliphatic heterocycles. The fraction of sp³-hybridized carbons (Fsp3) is 0.625. The molecule has 3 N–H and O–H groups in total. The molecule has 3 amide bonds. The Morgan fingerprint density at radius 1 is 1.62 bits per heavy atom. The van der Waals surface area contributed by atoms with Gasteiger partial charge in [0.1, 0.15) is 12.6 Å². The number of cyclic esters (lactones) is 1. The van der Waals surface area contributed by atoms with Gasteiger partial charge in [0.25, 0.3) is 0 Å². The lowest BCUT2D eigenvalue weighted by atomic mass is 9.99. The summed E-state index contributed by atoms with van der Waals surface area (Å²) < 4.78 is 4.72. The number of β-lactam (4-membered cyclic amide) rings is 1. The molecule has 0 aromatic carbocycles. The number of hydrogen-bond donors (Lipinski definition) is 3. The van der Waals surface area contributed by atoms with Crippen LogP contribution in [0.5, 0.6) is 0 Å². The minimum absolute atomic E-state index is 0.259. The van der Waals surface area contributed by atoms with Crippen LogP contribution in [0.4, 0.5) is 9.59 Å². The van der Waals surface area contributed by atoms with Crippen LogP contribution < -0.4 is 10.6 Å². The molecule has 0 saturated carbocycles. The molecular formula is C8H11N3O5. The molecule has 0 aromatic heterocycles. The van der Waals surface area contributed by atoms with Crippen LogP contribution in [0.1, 0.15) is 0 Å². The van der Waals surface area contributed by atoms with Crippen molar-refractivity contribution in [3.8, 4) is 0 Å². The quantitative estimate of drug-likeness (QED) is 0.514. The van der Waals surface area contributed by atoms with E-state index in [0.717, 1.165) is 0 Å². The Hall–Kier alpha value is -1.99. The van der Waals surface area contributed by atoms with Gasteiger partial charge in [-0.2, -0.15) is 0 Å². The van der Waals surface area contributed by atoms with E-state index in [1.165, 1.54) is 4.90 Å². The molecule has 0 aliphatic carbocycles. The Kier molecular flexibility index (Phi) is 2.55. The van der Waals surface area contributed by atoms with Gasteiger partial charge in [0.2, 0.25) is 5.91 Å².